The molecule has 198 valence electrons. The van der Waals surface area contributed by atoms with Crippen LogP contribution in [0.5, 0.6) is 0 Å². The second-order valence-corrected chi connectivity index (χ2v) is 9.83. The first kappa shape index (κ1) is 23.8. The van der Waals surface area contributed by atoms with Crippen molar-refractivity contribution in [1.82, 2.24) is 20.2 Å². The number of benzene rings is 3. The molecular formula is C30H22N4O6. The molecule has 0 radical (unpaired) electrons. The highest BCUT2D eigenvalue weighted by Gasteiger charge is 2.40. The largest absolute Gasteiger partial charge is 0.448 e. The Bertz CT molecular complexity index is 1650. The minimum absolute atomic E-state index is 0.0645. The number of rotatable bonds is 4. The zero-order valence-corrected chi connectivity index (χ0v) is 21.1. The summed E-state index contributed by atoms with van der Waals surface area (Å²) in [5.74, 6) is -2.49. The van der Waals surface area contributed by atoms with E-state index in [4.69, 9.17) is 9.57 Å². The van der Waals surface area contributed by atoms with Crippen molar-refractivity contribution >= 4 is 23.9 Å². The van der Waals surface area contributed by atoms with Crippen LogP contribution in [0.15, 0.2) is 72.8 Å². The number of hydrogen-bond donors (Lipinski definition) is 1. The molecule has 3 aliphatic rings. The highest BCUT2D eigenvalue weighted by molar-refractivity contribution is 6.21. The Balaban J connectivity index is 1.04. The molecule has 0 saturated heterocycles. The molecule has 0 spiro atoms. The van der Waals surface area contributed by atoms with Gasteiger partial charge in [-0.25, -0.2) is 9.59 Å². The number of carbonyl (C=O) groups excluding carboxylic acids is 4. The van der Waals surface area contributed by atoms with Crippen LogP contribution < -0.4 is 0 Å². The Hall–Kier alpha value is -5.25. The van der Waals surface area contributed by atoms with Gasteiger partial charge in [0, 0.05) is 30.1 Å². The van der Waals surface area contributed by atoms with Gasteiger partial charge in [0.2, 0.25) is 0 Å². The first-order valence-corrected chi connectivity index (χ1v) is 12.9. The molecule has 4 aromatic rings. The third-order valence-corrected chi connectivity index (χ3v) is 7.65. The molecule has 1 aromatic heterocycles. The highest BCUT2D eigenvalue weighted by atomic mass is 16.7. The van der Waals surface area contributed by atoms with E-state index in [-0.39, 0.29) is 35.9 Å². The molecule has 40 heavy (non-hydrogen) atoms. The average molecular weight is 535 g/mol. The summed E-state index contributed by atoms with van der Waals surface area (Å²) < 4.78 is 5.79. The van der Waals surface area contributed by atoms with Crippen LogP contribution in [0.4, 0.5) is 4.79 Å². The summed E-state index contributed by atoms with van der Waals surface area (Å²) in [7, 11) is 0. The number of H-pyrrole nitrogens is 1. The Morgan fingerprint density at radius 1 is 0.850 bits per heavy atom. The standard InChI is InChI=1S/C30H22N4O6/c35-27-21-11-5-6-12-22(21)28(36)34(27)40-29(37)26-23-15-33(14-13-25(23)31-32-26)30(38)39-16-24-19-9-3-1-7-17(19)18-8-2-4-10-20(18)24/h1-12,24H,13-16H2,(H,31,32). The lowest BCUT2D eigenvalue weighted by Gasteiger charge is -2.27. The van der Waals surface area contributed by atoms with Gasteiger partial charge < -0.3 is 14.5 Å². The number of hydroxylamine groups is 2. The molecule has 2 aliphatic heterocycles. The van der Waals surface area contributed by atoms with Crippen LogP contribution in [0.25, 0.3) is 11.1 Å². The number of imide groups is 1. The predicted molar refractivity (Wildman–Crippen MR) is 140 cm³/mol. The number of fused-ring (bicyclic) bond motifs is 5. The minimum Gasteiger partial charge on any atom is -0.448 e. The predicted octanol–water partition coefficient (Wildman–Crippen LogP) is 4.08. The van der Waals surface area contributed by atoms with Gasteiger partial charge in [-0.1, -0.05) is 65.7 Å². The number of nitrogens with one attached hydrogen (secondary N) is 1. The molecule has 10 heteroatoms. The fourth-order valence-electron chi connectivity index (χ4n) is 5.68. The zero-order valence-electron chi connectivity index (χ0n) is 21.1. The molecule has 1 aliphatic carbocycles. The van der Waals surface area contributed by atoms with Gasteiger partial charge in [0.25, 0.3) is 11.8 Å². The number of ether oxygens (including phenoxy) is 1. The normalized spacial score (nSPS) is 15.4. The van der Waals surface area contributed by atoms with Crippen molar-refractivity contribution in [3.8, 4) is 11.1 Å². The molecule has 0 saturated carbocycles. The van der Waals surface area contributed by atoms with Crippen molar-refractivity contribution in [2.24, 2.45) is 0 Å². The van der Waals surface area contributed by atoms with Crippen molar-refractivity contribution in [3.63, 3.8) is 0 Å². The van der Waals surface area contributed by atoms with Gasteiger partial charge in [0.15, 0.2) is 5.69 Å². The number of hydrogen-bond acceptors (Lipinski definition) is 7. The smallest absolute Gasteiger partial charge is 0.410 e. The Labute approximate surface area is 228 Å². The Morgan fingerprint density at radius 2 is 1.43 bits per heavy atom. The first-order valence-electron chi connectivity index (χ1n) is 12.9. The summed E-state index contributed by atoms with van der Waals surface area (Å²) in [6.45, 7) is 0.615. The first-order chi connectivity index (χ1) is 19.5. The van der Waals surface area contributed by atoms with Crippen molar-refractivity contribution < 1.29 is 28.8 Å². The molecule has 0 bridgehead atoms. The van der Waals surface area contributed by atoms with E-state index in [0.717, 1.165) is 22.3 Å². The van der Waals surface area contributed by atoms with E-state index >= 15 is 0 Å². The lowest BCUT2D eigenvalue weighted by atomic mass is 9.98. The summed E-state index contributed by atoms with van der Waals surface area (Å²) in [6.07, 6.45) is -0.0827. The maximum absolute atomic E-state index is 13.1. The molecule has 10 nitrogen and oxygen atoms in total. The Morgan fingerprint density at radius 3 is 2.05 bits per heavy atom. The second-order valence-electron chi connectivity index (χ2n) is 9.83. The second kappa shape index (κ2) is 9.19. The van der Waals surface area contributed by atoms with Gasteiger partial charge in [-0.3, -0.25) is 14.7 Å². The highest BCUT2D eigenvalue weighted by Crippen LogP contribution is 2.44. The van der Waals surface area contributed by atoms with Gasteiger partial charge in [-0.15, -0.1) is 0 Å². The van der Waals surface area contributed by atoms with Crippen LogP contribution in [0.3, 0.4) is 0 Å². The molecule has 7 rings (SSSR count). The number of amides is 3. The molecule has 0 fully saturated rings. The summed E-state index contributed by atoms with van der Waals surface area (Å²) in [4.78, 5) is 58.0. The monoisotopic (exact) mass is 534 g/mol. The average Bonchev–Trinajstić information content (AvgIpc) is 3.63. The van der Waals surface area contributed by atoms with E-state index in [2.05, 4.69) is 34.5 Å². The van der Waals surface area contributed by atoms with E-state index < -0.39 is 23.9 Å². The van der Waals surface area contributed by atoms with E-state index in [0.29, 0.717) is 29.3 Å². The van der Waals surface area contributed by atoms with Crippen LogP contribution in [0.1, 0.15) is 59.5 Å². The van der Waals surface area contributed by atoms with Crippen molar-refractivity contribution in [2.75, 3.05) is 13.2 Å². The van der Waals surface area contributed by atoms with E-state index in [1.165, 1.54) is 17.0 Å². The van der Waals surface area contributed by atoms with Crippen LogP contribution in [0, 0.1) is 0 Å². The SMILES string of the molecule is O=C(ON1C(=O)c2ccccc2C1=O)c1n[nH]c2c1CN(C(=O)OCC1c3ccccc3-c3ccccc31)CC2. The van der Waals surface area contributed by atoms with Gasteiger partial charge >= 0.3 is 12.1 Å². The number of aromatic amines is 1. The van der Waals surface area contributed by atoms with Crippen molar-refractivity contribution in [2.45, 2.75) is 18.9 Å². The number of nitrogens with zero attached hydrogens (tertiary/aromatic N) is 3. The topological polar surface area (TPSA) is 122 Å². The van der Waals surface area contributed by atoms with Gasteiger partial charge in [0.05, 0.1) is 17.7 Å². The van der Waals surface area contributed by atoms with Crippen LogP contribution >= 0.6 is 0 Å². The molecule has 0 atom stereocenters. The maximum atomic E-state index is 13.1. The molecule has 3 aromatic carbocycles. The van der Waals surface area contributed by atoms with Crippen LogP contribution in [0.2, 0.25) is 0 Å². The van der Waals surface area contributed by atoms with Crippen LogP contribution in [-0.4, -0.2) is 57.2 Å². The summed E-state index contributed by atoms with van der Waals surface area (Å²) in [5, 5.41) is 7.32. The molecular weight excluding hydrogens is 512 g/mol. The summed E-state index contributed by atoms with van der Waals surface area (Å²) in [5.41, 5.74) is 5.87. The number of carbonyl (C=O) groups is 4. The van der Waals surface area contributed by atoms with E-state index in [1.807, 2.05) is 24.3 Å². The summed E-state index contributed by atoms with van der Waals surface area (Å²) in [6, 6.07) is 22.4. The van der Waals surface area contributed by atoms with Crippen molar-refractivity contribution in [1.29, 1.82) is 0 Å². The zero-order chi connectivity index (χ0) is 27.4. The fraction of sp³-hybridized carbons (Fsp3) is 0.167. The molecule has 3 heterocycles. The van der Waals surface area contributed by atoms with Gasteiger partial charge in [-0.2, -0.15) is 5.10 Å². The van der Waals surface area contributed by atoms with Crippen molar-refractivity contribution in [3.05, 3.63) is 112 Å². The lowest BCUT2D eigenvalue weighted by molar-refractivity contribution is -0.0589. The third-order valence-electron chi connectivity index (χ3n) is 7.65. The Kier molecular flexibility index (Phi) is 5.48. The lowest BCUT2D eigenvalue weighted by Crippen LogP contribution is -2.38. The molecule has 1 N–H and O–H groups in total. The molecule has 3 amide bonds. The third kappa shape index (κ3) is 3.68. The summed E-state index contributed by atoms with van der Waals surface area (Å²) >= 11 is 0. The van der Waals surface area contributed by atoms with E-state index in [9.17, 15) is 19.2 Å². The number of aromatic nitrogens is 2. The van der Waals surface area contributed by atoms with E-state index in [1.54, 1.807) is 12.1 Å². The van der Waals surface area contributed by atoms with Crippen LogP contribution in [-0.2, 0) is 22.5 Å². The van der Waals surface area contributed by atoms with Gasteiger partial charge in [0.1, 0.15) is 6.61 Å². The fourth-order valence-corrected chi connectivity index (χ4v) is 5.68. The maximum Gasteiger partial charge on any atom is 0.410 e. The molecule has 0 unspecified atom stereocenters. The van der Waals surface area contributed by atoms with Gasteiger partial charge in [-0.05, 0) is 34.4 Å². The quantitative estimate of drug-likeness (QED) is 0.392. The minimum atomic E-state index is -0.971.